The Balaban J connectivity index is 3.61. The zero-order chi connectivity index (χ0) is 14.8. The summed E-state index contributed by atoms with van der Waals surface area (Å²) in [6.07, 6.45) is -9.12. The molecule has 0 aliphatic heterocycles. The van der Waals surface area contributed by atoms with Crippen molar-refractivity contribution >= 4 is 5.97 Å². The zero-order valence-electron chi connectivity index (χ0n) is 9.00. The molecule has 0 saturated heterocycles. The first-order valence-corrected chi connectivity index (χ1v) is 4.67. The van der Waals surface area contributed by atoms with Crippen LogP contribution in [0, 0.1) is 11.3 Å². The Morgan fingerprint density at radius 3 is 2.42 bits per heavy atom. The van der Waals surface area contributed by atoms with E-state index in [2.05, 4.69) is 4.98 Å². The van der Waals surface area contributed by atoms with Crippen molar-refractivity contribution in [3.8, 4) is 6.07 Å². The molecule has 19 heavy (non-hydrogen) atoms. The molecule has 4 nitrogen and oxygen atoms in total. The highest BCUT2D eigenvalue weighted by molar-refractivity contribution is 5.71. The third kappa shape index (κ3) is 3.15. The van der Waals surface area contributed by atoms with Crippen LogP contribution < -0.4 is 0 Å². The van der Waals surface area contributed by atoms with Crippen LogP contribution in [0.2, 0.25) is 0 Å². The maximum absolute atomic E-state index is 12.7. The van der Waals surface area contributed by atoms with E-state index in [-0.39, 0.29) is 0 Å². The highest BCUT2D eigenvalue weighted by atomic mass is 19.4. The number of alkyl halides is 5. The molecular formula is C10H5F5N2O2. The van der Waals surface area contributed by atoms with E-state index in [0.29, 0.717) is 6.20 Å². The molecule has 9 heteroatoms. The maximum atomic E-state index is 12.7. The number of carboxylic acid groups (broad SMARTS) is 1. The van der Waals surface area contributed by atoms with Crippen LogP contribution in [0.4, 0.5) is 22.0 Å². The van der Waals surface area contributed by atoms with Crippen molar-refractivity contribution in [1.29, 1.82) is 5.26 Å². The quantitative estimate of drug-likeness (QED) is 0.863. The number of nitriles is 1. The van der Waals surface area contributed by atoms with Gasteiger partial charge in [0.15, 0.2) is 0 Å². The Morgan fingerprint density at radius 1 is 1.47 bits per heavy atom. The Hall–Kier alpha value is -2.24. The first kappa shape index (κ1) is 14.8. The molecule has 0 saturated carbocycles. The van der Waals surface area contributed by atoms with Gasteiger partial charge in [0.1, 0.15) is 17.3 Å². The van der Waals surface area contributed by atoms with E-state index >= 15 is 0 Å². The lowest BCUT2D eigenvalue weighted by Gasteiger charge is -2.15. The Bertz CT molecular complexity index is 548. The number of hydrogen-bond donors (Lipinski definition) is 1. The fourth-order valence-corrected chi connectivity index (χ4v) is 1.44. The molecule has 102 valence electrons. The summed E-state index contributed by atoms with van der Waals surface area (Å²) in [5.41, 5.74) is -5.17. The molecule has 0 spiro atoms. The van der Waals surface area contributed by atoms with Crippen molar-refractivity contribution < 1.29 is 31.9 Å². The fourth-order valence-electron chi connectivity index (χ4n) is 1.44. The van der Waals surface area contributed by atoms with Crippen LogP contribution >= 0.6 is 0 Å². The number of pyridine rings is 1. The number of carbonyl (C=O) groups is 1. The van der Waals surface area contributed by atoms with Crippen LogP contribution in [0.5, 0.6) is 0 Å². The molecule has 0 bridgehead atoms. The highest BCUT2D eigenvalue weighted by Gasteiger charge is 2.40. The average Bonchev–Trinajstić information content (AvgIpc) is 2.25. The van der Waals surface area contributed by atoms with Gasteiger partial charge in [-0.3, -0.25) is 9.78 Å². The van der Waals surface area contributed by atoms with Crippen molar-refractivity contribution in [3.63, 3.8) is 0 Å². The molecule has 1 heterocycles. The van der Waals surface area contributed by atoms with Crippen molar-refractivity contribution in [3.05, 3.63) is 28.6 Å². The second-order valence-corrected chi connectivity index (χ2v) is 3.40. The minimum atomic E-state index is -5.22. The summed E-state index contributed by atoms with van der Waals surface area (Å²) in [6, 6.07) is 1.11. The molecule has 0 aliphatic carbocycles. The van der Waals surface area contributed by atoms with Crippen LogP contribution in [0.3, 0.4) is 0 Å². The van der Waals surface area contributed by atoms with Gasteiger partial charge in [0.05, 0.1) is 12.0 Å². The number of hydrogen-bond acceptors (Lipinski definition) is 3. The van der Waals surface area contributed by atoms with E-state index in [9.17, 15) is 26.7 Å². The van der Waals surface area contributed by atoms with Gasteiger partial charge in [-0.2, -0.15) is 18.4 Å². The van der Waals surface area contributed by atoms with Crippen LogP contribution in [0.25, 0.3) is 0 Å². The van der Waals surface area contributed by atoms with Crippen LogP contribution in [-0.4, -0.2) is 16.1 Å². The summed E-state index contributed by atoms with van der Waals surface area (Å²) < 4.78 is 63.1. The topological polar surface area (TPSA) is 74.0 Å². The molecule has 0 aliphatic rings. The maximum Gasteiger partial charge on any atom is 0.419 e. The van der Waals surface area contributed by atoms with E-state index in [1.54, 1.807) is 0 Å². The van der Waals surface area contributed by atoms with Crippen molar-refractivity contribution in [2.75, 3.05) is 0 Å². The zero-order valence-corrected chi connectivity index (χ0v) is 9.00. The van der Waals surface area contributed by atoms with E-state index < -0.39 is 47.4 Å². The molecular weight excluding hydrogens is 275 g/mol. The number of nitrogens with zero attached hydrogens (tertiary/aromatic N) is 2. The molecule has 1 N–H and O–H groups in total. The Morgan fingerprint density at radius 2 is 2.05 bits per heavy atom. The number of rotatable bonds is 3. The summed E-state index contributed by atoms with van der Waals surface area (Å²) in [4.78, 5) is 13.4. The predicted molar refractivity (Wildman–Crippen MR) is 50.3 cm³/mol. The third-order valence-corrected chi connectivity index (χ3v) is 2.13. The number of carboxylic acids is 1. The first-order chi connectivity index (χ1) is 8.68. The number of aromatic nitrogens is 1. The molecule has 0 aromatic carbocycles. The first-order valence-electron chi connectivity index (χ1n) is 4.67. The fraction of sp³-hybridized carbons (Fsp3) is 0.300. The third-order valence-electron chi connectivity index (χ3n) is 2.13. The lowest BCUT2D eigenvalue weighted by Crippen LogP contribution is -2.17. The smallest absolute Gasteiger partial charge is 0.419 e. The second kappa shape index (κ2) is 5.17. The van der Waals surface area contributed by atoms with Gasteiger partial charge in [0.25, 0.3) is 6.43 Å². The predicted octanol–water partition coefficient (Wildman–Crippen LogP) is 2.54. The number of aliphatic carboxylic acids is 1. The van der Waals surface area contributed by atoms with Gasteiger partial charge in [-0.05, 0) is 5.56 Å². The molecule has 1 aromatic rings. The van der Waals surface area contributed by atoms with Crippen molar-refractivity contribution in [2.24, 2.45) is 0 Å². The molecule has 0 fully saturated rings. The standard InChI is InChI=1S/C10H5F5N2O2/c11-9(12)8-7(10(13,14)15)5(2-16)4(3-17-8)1-6(18)19/h3,9H,1H2,(H,18,19). The van der Waals surface area contributed by atoms with Crippen molar-refractivity contribution in [1.82, 2.24) is 4.98 Å². The van der Waals surface area contributed by atoms with Crippen LogP contribution in [0.1, 0.15) is 28.8 Å². The van der Waals surface area contributed by atoms with Gasteiger partial charge in [0.2, 0.25) is 0 Å². The normalized spacial score (nSPS) is 11.4. The summed E-state index contributed by atoms with van der Waals surface area (Å²) >= 11 is 0. The van der Waals surface area contributed by atoms with Gasteiger partial charge < -0.3 is 5.11 Å². The van der Waals surface area contributed by atoms with Crippen LogP contribution in [0.15, 0.2) is 6.20 Å². The Kier molecular flexibility index (Phi) is 4.04. The highest BCUT2D eigenvalue weighted by Crippen LogP contribution is 2.38. The second-order valence-electron chi connectivity index (χ2n) is 3.40. The largest absolute Gasteiger partial charge is 0.481 e. The lowest BCUT2D eigenvalue weighted by molar-refractivity contribution is -0.140. The SMILES string of the molecule is N#Cc1c(CC(=O)O)cnc(C(F)F)c1C(F)(F)F. The van der Waals surface area contributed by atoms with Gasteiger partial charge in [-0.15, -0.1) is 0 Å². The van der Waals surface area contributed by atoms with E-state index in [0.717, 1.165) is 6.07 Å². The molecule has 1 rings (SSSR count). The summed E-state index contributed by atoms with van der Waals surface area (Å²) in [5, 5.41) is 17.2. The van der Waals surface area contributed by atoms with E-state index in [4.69, 9.17) is 10.4 Å². The van der Waals surface area contributed by atoms with Gasteiger partial charge in [-0.25, -0.2) is 8.78 Å². The molecule has 1 aromatic heterocycles. The van der Waals surface area contributed by atoms with Gasteiger partial charge in [-0.1, -0.05) is 0 Å². The number of halogens is 5. The molecule has 0 radical (unpaired) electrons. The summed E-state index contributed by atoms with van der Waals surface area (Å²) in [5.74, 6) is -1.50. The lowest BCUT2D eigenvalue weighted by atomic mass is 9.99. The minimum Gasteiger partial charge on any atom is -0.481 e. The monoisotopic (exact) mass is 280 g/mol. The van der Waals surface area contributed by atoms with Crippen LogP contribution in [-0.2, 0) is 17.4 Å². The molecule has 0 unspecified atom stereocenters. The van der Waals surface area contributed by atoms with E-state index in [1.807, 2.05) is 0 Å². The van der Waals surface area contributed by atoms with Gasteiger partial charge >= 0.3 is 12.1 Å². The Labute approximate surface area is 103 Å². The summed E-state index contributed by atoms with van der Waals surface area (Å²) in [6.45, 7) is 0. The van der Waals surface area contributed by atoms with E-state index in [1.165, 1.54) is 0 Å². The van der Waals surface area contributed by atoms with Crippen molar-refractivity contribution in [2.45, 2.75) is 19.0 Å². The average molecular weight is 280 g/mol. The minimum absolute atomic E-state index is 0.545. The van der Waals surface area contributed by atoms with Gasteiger partial charge in [0, 0.05) is 6.20 Å². The molecule has 0 amide bonds. The molecule has 0 atom stereocenters. The summed E-state index contributed by atoms with van der Waals surface area (Å²) in [7, 11) is 0.